The lowest BCUT2D eigenvalue weighted by Gasteiger charge is -2.14. The average molecular weight is 289 g/mol. The highest BCUT2D eigenvalue weighted by Gasteiger charge is 2.25. The van der Waals surface area contributed by atoms with Crippen molar-refractivity contribution >= 4 is 16.0 Å². The van der Waals surface area contributed by atoms with E-state index in [2.05, 4.69) is 4.72 Å². The zero-order valence-corrected chi connectivity index (χ0v) is 11.5. The first-order chi connectivity index (χ1) is 8.77. The summed E-state index contributed by atoms with van der Waals surface area (Å²) in [4.78, 5) is 10.6. The number of nitrogens with one attached hydrogen (secondary N) is 1. The highest BCUT2D eigenvalue weighted by atomic mass is 32.2. The van der Waals surface area contributed by atoms with E-state index in [1.807, 2.05) is 0 Å². The van der Waals surface area contributed by atoms with Gasteiger partial charge in [-0.2, -0.15) is 4.72 Å². The third-order valence-electron chi connectivity index (χ3n) is 2.63. The highest BCUT2D eigenvalue weighted by molar-refractivity contribution is 7.89. The first-order valence-electron chi connectivity index (χ1n) is 5.79. The predicted molar refractivity (Wildman–Crippen MR) is 67.8 cm³/mol. The minimum atomic E-state index is -4.04. The standard InChI is InChI=1S/C12H16FNO4S/c1-3-4-11(12(15)16)14-19(17,18)9-6-5-8(2)10(13)7-9/h5-7,11,14H,3-4H2,1-2H3,(H,15,16)/t11-/m1/s1. The Morgan fingerprint density at radius 1 is 1.47 bits per heavy atom. The number of carboxylic acids is 1. The fourth-order valence-electron chi connectivity index (χ4n) is 1.52. The van der Waals surface area contributed by atoms with Gasteiger partial charge in [0.2, 0.25) is 10.0 Å². The highest BCUT2D eigenvalue weighted by Crippen LogP contribution is 2.15. The first-order valence-corrected chi connectivity index (χ1v) is 7.27. The largest absolute Gasteiger partial charge is 0.480 e. The van der Waals surface area contributed by atoms with Crippen LogP contribution in [0.5, 0.6) is 0 Å². The van der Waals surface area contributed by atoms with Gasteiger partial charge in [0.15, 0.2) is 0 Å². The Morgan fingerprint density at radius 2 is 2.11 bits per heavy atom. The normalized spacial score (nSPS) is 13.2. The van der Waals surface area contributed by atoms with Crippen LogP contribution < -0.4 is 4.72 Å². The number of hydrogen-bond donors (Lipinski definition) is 2. The number of aliphatic carboxylic acids is 1. The summed E-state index contributed by atoms with van der Waals surface area (Å²) in [7, 11) is -4.04. The fraction of sp³-hybridized carbons (Fsp3) is 0.417. The Hall–Kier alpha value is -1.47. The molecule has 1 aromatic rings. The molecule has 106 valence electrons. The first kappa shape index (κ1) is 15.6. The van der Waals surface area contributed by atoms with E-state index in [-0.39, 0.29) is 11.3 Å². The SMILES string of the molecule is CCC[C@@H](NS(=O)(=O)c1ccc(C)c(F)c1)C(=O)O. The monoisotopic (exact) mass is 289 g/mol. The van der Waals surface area contributed by atoms with Crippen molar-refractivity contribution < 1.29 is 22.7 Å². The van der Waals surface area contributed by atoms with Gasteiger partial charge in [0.05, 0.1) is 4.90 Å². The molecule has 0 spiro atoms. The third kappa shape index (κ3) is 4.00. The summed E-state index contributed by atoms with van der Waals surface area (Å²) in [6.45, 7) is 3.26. The molecule has 0 bridgehead atoms. The molecule has 0 aliphatic rings. The number of benzene rings is 1. The van der Waals surface area contributed by atoms with E-state index < -0.39 is 27.9 Å². The number of aryl methyl sites for hydroxylation is 1. The Bertz CT molecular complexity index is 571. The van der Waals surface area contributed by atoms with E-state index in [4.69, 9.17) is 5.11 Å². The summed E-state index contributed by atoms with van der Waals surface area (Å²) in [6.07, 6.45) is 0.685. The molecule has 1 aromatic carbocycles. The lowest BCUT2D eigenvalue weighted by molar-refractivity contribution is -0.139. The molecular weight excluding hydrogens is 273 g/mol. The predicted octanol–water partition coefficient (Wildman–Crippen LogP) is 1.67. The molecule has 2 N–H and O–H groups in total. The zero-order valence-electron chi connectivity index (χ0n) is 10.7. The molecule has 0 aliphatic carbocycles. The van der Waals surface area contributed by atoms with Crippen LogP contribution in [0.1, 0.15) is 25.3 Å². The molecule has 19 heavy (non-hydrogen) atoms. The van der Waals surface area contributed by atoms with Crippen molar-refractivity contribution in [3.63, 3.8) is 0 Å². The van der Waals surface area contributed by atoms with Crippen molar-refractivity contribution in [1.29, 1.82) is 0 Å². The number of halogens is 1. The average Bonchev–Trinajstić information content (AvgIpc) is 2.31. The van der Waals surface area contributed by atoms with Gasteiger partial charge in [-0.05, 0) is 31.0 Å². The van der Waals surface area contributed by atoms with Crippen LogP contribution in [0, 0.1) is 12.7 Å². The molecule has 0 heterocycles. The van der Waals surface area contributed by atoms with Gasteiger partial charge in [-0.1, -0.05) is 19.4 Å². The maximum absolute atomic E-state index is 13.3. The van der Waals surface area contributed by atoms with Gasteiger partial charge < -0.3 is 5.11 Å². The van der Waals surface area contributed by atoms with E-state index in [1.54, 1.807) is 6.92 Å². The Labute approximate surface area is 111 Å². The summed E-state index contributed by atoms with van der Waals surface area (Å²) >= 11 is 0. The third-order valence-corrected chi connectivity index (χ3v) is 4.10. The van der Waals surface area contributed by atoms with Crippen molar-refractivity contribution in [1.82, 2.24) is 4.72 Å². The zero-order chi connectivity index (χ0) is 14.6. The number of rotatable bonds is 6. The van der Waals surface area contributed by atoms with Crippen LogP contribution in [-0.2, 0) is 14.8 Å². The molecule has 0 aliphatic heterocycles. The maximum atomic E-state index is 13.3. The van der Waals surface area contributed by atoms with E-state index >= 15 is 0 Å². The van der Waals surface area contributed by atoms with Gasteiger partial charge in [0, 0.05) is 0 Å². The number of sulfonamides is 1. The number of carbonyl (C=O) groups is 1. The second-order valence-corrected chi connectivity index (χ2v) is 5.93. The Kier molecular flexibility index (Phi) is 5.02. The molecule has 0 aromatic heterocycles. The molecule has 0 radical (unpaired) electrons. The lowest BCUT2D eigenvalue weighted by Crippen LogP contribution is -2.40. The molecule has 1 atom stereocenters. The minimum Gasteiger partial charge on any atom is -0.480 e. The van der Waals surface area contributed by atoms with Crippen LogP contribution in [0.25, 0.3) is 0 Å². The van der Waals surface area contributed by atoms with Crippen molar-refractivity contribution in [2.75, 3.05) is 0 Å². The Balaban J connectivity index is 3.03. The van der Waals surface area contributed by atoms with Crippen LogP contribution in [-0.4, -0.2) is 25.5 Å². The van der Waals surface area contributed by atoms with Crippen molar-refractivity contribution in [2.24, 2.45) is 0 Å². The summed E-state index contributed by atoms with van der Waals surface area (Å²) < 4.78 is 39.3. The molecule has 1 rings (SSSR count). The van der Waals surface area contributed by atoms with Crippen LogP contribution in [0.3, 0.4) is 0 Å². The van der Waals surface area contributed by atoms with Crippen molar-refractivity contribution in [3.8, 4) is 0 Å². The number of hydrogen-bond acceptors (Lipinski definition) is 3. The fourth-order valence-corrected chi connectivity index (χ4v) is 2.75. The second-order valence-electron chi connectivity index (χ2n) is 4.21. The van der Waals surface area contributed by atoms with Crippen molar-refractivity contribution in [2.45, 2.75) is 37.6 Å². The van der Waals surface area contributed by atoms with Gasteiger partial charge in [-0.15, -0.1) is 0 Å². The molecule has 5 nitrogen and oxygen atoms in total. The molecule has 0 fully saturated rings. The summed E-state index contributed by atoms with van der Waals surface area (Å²) in [5, 5.41) is 8.91. The quantitative estimate of drug-likeness (QED) is 0.834. The van der Waals surface area contributed by atoms with E-state index in [0.717, 1.165) is 6.07 Å². The van der Waals surface area contributed by atoms with E-state index in [0.29, 0.717) is 12.0 Å². The van der Waals surface area contributed by atoms with Gasteiger partial charge in [-0.25, -0.2) is 12.8 Å². The minimum absolute atomic E-state index is 0.170. The smallest absolute Gasteiger partial charge is 0.321 e. The van der Waals surface area contributed by atoms with Gasteiger partial charge in [0.25, 0.3) is 0 Å². The van der Waals surface area contributed by atoms with Gasteiger partial charge in [-0.3, -0.25) is 4.79 Å². The molecule has 0 unspecified atom stereocenters. The topological polar surface area (TPSA) is 83.5 Å². The summed E-state index contributed by atoms with van der Waals surface area (Å²) in [5.41, 5.74) is 0.322. The van der Waals surface area contributed by atoms with Crippen LogP contribution in [0.4, 0.5) is 4.39 Å². The van der Waals surface area contributed by atoms with Gasteiger partial charge in [0.1, 0.15) is 11.9 Å². The summed E-state index contributed by atoms with van der Waals surface area (Å²) in [5.74, 6) is -1.90. The van der Waals surface area contributed by atoms with Crippen LogP contribution >= 0.6 is 0 Å². The molecule has 0 saturated carbocycles. The van der Waals surface area contributed by atoms with Crippen LogP contribution in [0.2, 0.25) is 0 Å². The lowest BCUT2D eigenvalue weighted by atomic mass is 10.2. The maximum Gasteiger partial charge on any atom is 0.321 e. The van der Waals surface area contributed by atoms with E-state index in [1.165, 1.54) is 19.1 Å². The molecule has 0 amide bonds. The molecule has 0 saturated heterocycles. The molecular formula is C12H16FNO4S. The van der Waals surface area contributed by atoms with Crippen LogP contribution in [0.15, 0.2) is 23.1 Å². The van der Waals surface area contributed by atoms with Gasteiger partial charge >= 0.3 is 5.97 Å². The van der Waals surface area contributed by atoms with E-state index in [9.17, 15) is 17.6 Å². The summed E-state index contributed by atoms with van der Waals surface area (Å²) in [6, 6.07) is 2.24. The number of carboxylic acid groups (broad SMARTS) is 1. The Morgan fingerprint density at radius 3 is 2.58 bits per heavy atom. The van der Waals surface area contributed by atoms with Crippen molar-refractivity contribution in [3.05, 3.63) is 29.6 Å². The molecule has 7 heteroatoms. The second kappa shape index (κ2) is 6.12.